The molecular formula is C14H18BrClN2O2. The van der Waals surface area contributed by atoms with Crippen LogP contribution in [0.4, 0.5) is 0 Å². The fraction of sp³-hybridized carbons (Fsp3) is 0.571. The molecule has 20 heavy (non-hydrogen) atoms. The number of hydrogen-bond acceptors (Lipinski definition) is 3. The molecule has 1 saturated heterocycles. The van der Waals surface area contributed by atoms with Crippen LogP contribution in [0.1, 0.15) is 38.1 Å². The highest BCUT2D eigenvalue weighted by Gasteiger charge is 2.40. The molecule has 1 aromatic rings. The van der Waals surface area contributed by atoms with Gasteiger partial charge in [-0.3, -0.25) is 4.79 Å². The van der Waals surface area contributed by atoms with Crippen LogP contribution in [0.3, 0.4) is 0 Å². The second-order valence-corrected chi connectivity index (χ2v) is 7.55. The van der Waals surface area contributed by atoms with Crippen LogP contribution in [0, 0.1) is 0 Å². The molecule has 1 aromatic heterocycles. The highest BCUT2D eigenvalue weighted by Crippen LogP contribution is 2.30. The van der Waals surface area contributed by atoms with E-state index in [0.717, 1.165) is 4.47 Å². The van der Waals surface area contributed by atoms with Crippen molar-refractivity contribution in [3.05, 3.63) is 27.5 Å². The zero-order valence-corrected chi connectivity index (χ0v) is 14.4. The number of hydrogen-bond donors (Lipinski definition) is 0. The van der Waals surface area contributed by atoms with Crippen molar-refractivity contribution in [1.82, 2.24) is 9.88 Å². The lowest BCUT2D eigenvalue weighted by Gasteiger charge is -2.47. The lowest BCUT2D eigenvalue weighted by atomic mass is 9.98. The Hall–Kier alpha value is -0.650. The molecule has 0 N–H and O–H groups in total. The predicted molar refractivity (Wildman–Crippen MR) is 82.1 cm³/mol. The van der Waals surface area contributed by atoms with Crippen LogP contribution >= 0.6 is 27.5 Å². The molecule has 2 rings (SSSR count). The zero-order chi connectivity index (χ0) is 15.1. The summed E-state index contributed by atoms with van der Waals surface area (Å²) in [5.74, 6) is -0.117. The second kappa shape index (κ2) is 5.28. The summed E-state index contributed by atoms with van der Waals surface area (Å²) in [6.45, 7) is 8.98. The molecule has 110 valence electrons. The number of carbonyl (C=O) groups excluding carboxylic acids is 1. The third-order valence-corrected chi connectivity index (χ3v) is 3.75. The maximum absolute atomic E-state index is 12.7. The van der Waals surface area contributed by atoms with Gasteiger partial charge in [0.1, 0.15) is 5.15 Å². The van der Waals surface area contributed by atoms with Crippen molar-refractivity contribution in [2.75, 3.05) is 13.1 Å². The number of aromatic nitrogens is 1. The van der Waals surface area contributed by atoms with Gasteiger partial charge in [-0.25, -0.2) is 4.98 Å². The number of ether oxygens (including phenoxy) is 1. The molecule has 0 unspecified atom stereocenters. The van der Waals surface area contributed by atoms with Crippen LogP contribution in [-0.2, 0) is 4.74 Å². The molecule has 0 bridgehead atoms. The van der Waals surface area contributed by atoms with E-state index in [0.29, 0.717) is 18.7 Å². The van der Waals surface area contributed by atoms with Crippen molar-refractivity contribution in [3.63, 3.8) is 0 Å². The molecule has 0 saturated carbocycles. The predicted octanol–water partition coefficient (Wildman–Crippen LogP) is 3.53. The maximum Gasteiger partial charge on any atom is 0.257 e. The summed E-state index contributed by atoms with van der Waals surface area (Å²) in [6.07, 6.45) is 1.58. The Kier molecular flexibility index (Phi) is 4.15. The summed E-state index contributed by atoms with van der Waals surface area (Å²) < 4.78 is 6.71. The smallest absolute Gasteiger partial charge is 0.257 e. The third-order valence-electron chi connectivity index (χ3n) is 3.02. The van der Waals surface area contributed by atoms with Gasteiger partial charge < -0.3 is 9.64 Å². The van der Waals surface area contributed by atoms with Crippen LogP contribution in [0.2, 0.25) is 5.15 Å². The minimum atomic E-state index is -0.386. The van der Waals surface area contributed by atoms with Gasteiger partial charge in [-0.1, -0.05) is 11.6 Å². The average Bonchev–Trinajstić information content (AvgIpc) is 2.27. The minimum Gasteiger partial charge on any atom is -0.366 e. The zero-order valence-electron chi connectivity index (χ0n) is 12.0. The van der Waals surface area contributed by atoms with E-state index in [9.17, 15) is 4.79 Å². The van der Waals surface area contributed by atoms with Crippen molar-refractivity contribution in [1.29, 1.82) is 0 Å². The van der Waals surface area contributed by atoms with Crippen LogP contribution in [0.5, 0.6) is 0 Å². The first kappa shape index (κ1) is 15.7. The molecule has 4 nitrogen and oxygen atoms in total. The molecule has 0 atom stereocenters. The van der Waals surface area contributed by atoms with E-state index in [4.69, 9.17) is 16.3 Å². The van der Waals surface area contributed by atoms with Gasteiger partial charge in [0.25, 0.3) is 5.91 Å². The van der Waals surface area contributed by atoms with E-state index >= 15 is 0 Å². The first-order valence-electron chi connectivity index (χ1n) is 6.40. The molecule has 1 aliphatic heterocycles. The van der Waals surface area contributed by atoms with E-state index < -0.39 is 0 Å². The van der Waals surface area contributed by atoms with E-state index in [1.807, 2.05) is 27.7 Å². The van der Waals surface area contributed by atoms with Crippen molar-refractivity contribution in [2.45, 2.75) is 38.9 Å². The SMILES string of the molecule is CC1(C)CN(C(=O)c2cc(Br)cnc2Cl)CC(C)(C)O1. The monoisotopic (exact) mass is 360 g/mol. The van der Waals surface area contributed by atoms with Crippen molar-refractivity contribution >= 4 is 33.4 Å². The Labute approximate surface area is 132 Å². The van der Waals surface area contributed by atoms with Crippen LogP contribution in [0.15, 0.2) is 16.7 Å². The summed E-state index contributed by atoms with van der Waals surface area (Å²) >= 11 is 9.36. The van der Waals surface area contributed by atoms with Crippen molar-refractivity contribution in [2.24, 2.45) is 0 Å². The lowest BCUT2D eigenvalue weighted by molar-refractivity contribution is -0.171. The van der Waals surface area contributed by atoms with Crippen molar-refractivity contribution < 1.29 is 9.53 Å². The van der Waals surface area contributed by atoms with Gasteiger partial charge in [-0.2, -0.15) is 0 Å². The van der Waals surface area contributed by atoms with E-state index in [2.05, 4.69) is 20.9 Å². The first-order valence-corrected chi connectivity index (χ1v) is 7.57. The van der Waals surface area contributed by atoms with Crippen LogP contribution < -0.4 is 0 Å². The molecule has 1 aliphatic rings. The molecule has 1 fully saturated rings. The second-order valence-electron chi connectivity index (χ2n) is 6.27. The number of rotatable bonds is 1. The highest BCUT2D eigenvalue weighted by molar-refractivity contribution is 9.10. The average molecular weight is 362 g/mol. The third kappa shape index (κ3) is 3.51. The van der Waals surface area contributed by atoms with Gasteiger partial charge >= 0.3 is 0 Å². The van der Waals surface area contributed by atoms with E-state index in [1.165, 1.54) is 0 Å². The van der Waals surface area contributed by atoms with E-state index in [-0.39, 0.29) is 22.3 Å². The quantitative estimate of drug-likeness (QED) is 0.719. The van der Waals surface area contributed by atoms with E-state index in [1.54, 1.807) is 17.2 Å². The highest BCUT2D eigenvalue weighted by atomic mass is 79.9. The molecule has 0 aliphatic carbocycles. The lowest BCUT2D eigenvalue weighted by Crippen LogP contribution is -2.58. The molecule has 0 radical (unpaired) electrons. The fourth-order valence-corrected chi connectivity index (χ4v) is 3.19. The normalized spacial score (nSPS) is 20.8. The Morgan fingerprint density at radius 1 is 1.35 bits per heavy atom. The molecule has 2 heterocycles. The molecule has 6 heteroatoms. The summed E-state index contributed by atoms with van der Waals surface area (Å²) in [4.78, 5) is 18.5. The number of halogens is 2. The fourth-order valence-electron chi connectivity index (χ4n) is 2.67. The maximum atomic E-state index is 12.7. The Bertz CT molecular complexity index is 530. The van der Waals surface area contributed by atoms with Crippen molar-refractivity contribution in [3.8, 4) is 0 Å². The minimum absolute atomic E-state index is 0.117. The number of morpholine rings is 1. The van der Waals surface area contributed by atoms with Crippen LogP contribution in [-0.4, -0.2) is 40.1 Å². The first-order chi connectivity index (χ1) is 9.10. The molecule has 0 spiro atoms. The number of carbonyl (C=O) groups is 1. The summed E-state index contributed by atoms with van der Waals surface area (Å²) in [7, 11) is 0. The Balaban J connectivity index is 2.31. The Morgan fingerprint density at radius 2 is 1.90 bits per heavy atom. The van der Waals surface area contributed by atoms with Gasteiger partial charge in [0, 0.05) is 23.8 Å². The summed E-state index contributed by atoms with van der Waals surface area (Å²) in [5.41, 5.74) is -0.360. The standard InChI is InChI=1S/C14H18BrClN2O2/c1-13(2)7-18(8-14(3,4)20-13)12(19)10-5-9(15)6-17-11(10)16/h5-6H,7-8H2,1-4H3. The van der Waals surface area contributed by atoms with Gasteiger partial charge in [0.2, 0.25) is 0 Å². The van der Waals surface area contributed by atoms with Gasteiger partial charge in [0.05, 0.1) is 16.8 Å². The van der Waals surface area contributed by atoms with Crippen LogP contribution in [0.25, 0.3) is 0 Å². The largest absolute Gasteiger partial charge is 0.366 e. The number of pyridine rings is 1. The number of nitrogens with zero attached hydrogens (tertiary/aromatic N) is 2. The Morgan fingerprint density at radius 3 is 2.45 bits per heavy atom. The summed E-state index contributed by atoms with van der Waals surface area (Å²) in [6, 6.07) is 1.70. The van der Waals surface area contributed by atoms with Gasteiger partial charge in [0.15, 0.2) is 0 Å². The van der Waals surface area contributed by atoms with Gasteiger partial charge in [-0.15, -0.1) is 0 Å². The molecule has 0 aromatic carbocycles. The van der Waals surface area contributed by atoms with Gasteiger partial charge in [-0.05, 0) is 49.7 Å². The topological polar surface area (TPSA) is 42.4 Å². The summed E-state index contributed by atoms with van der Waals surface area (Å²) in [5, 5.41) is 0.223. The molecule has 1 amide bonds. The molecular weight excluding hydrogens is 344 g/mol. The number of amides is 1.